The second kappa shape index (κ2) is 12.6. The molecule has 4 N–H and O–H groups in total. The molecule has 2 saturated heterocycles. The third-order valence-electron chi connectivity index (χ3n) is 8.93. The number of carbonyl (C=O) groups excluding carboxylic acids is 1. The number of ether oxygens (including phenoxy) is 1. The molecule has 0 radical (unpaired) electrons. The number of likely N-dealkylation sites (tertiary alicyclic amines) is 1. The van der Waals surface area contributed by atoms with E-state index in [4.69, 9.17) is 4.74 Å². The van der Waals surface area contributed by atoms with Crippen LogP contribution in [0.1, 0.15) is 24.4 Å². The molecule has 6 rings (SSSR count). The fourth-order valence-electron chi connectivity index (χ4n) is 6.28. The van der Waals surface area contributed by atoms with Crippen molar-refractivity contribution in [1.82, 2.24) is 19.9 Å². The van der Waals surface area contributed by atoms with Crippen LogP contribution in [0, 0.1) is 17.5 Å². The molecule has 1 aromatic heterocycles. The Kier molecular flexibility index (Phi) is 8.95. The zero-order valence-electron chi connectivity index (χ0n) is 24.3. The Morgan fingerprint density at radius 3 is 2.49 bits per heavy atom. The number of aliphatic hydroxyl groups is 4. The molecule has 15 heteroatoms. The highest BCUT2D eigenvalue weighted by Crippen LogP contribution is 2.43. The van der Waals surface area contributed by atoms with Crippen molar-refractivity contribution >= 4 is 23.4 Å². The van der Waals surface area contributed by atoms with Gasteiger partial charge in [-0.3, -0.25) is 4.79 Å². The Labute approximate surface area is 261 Å². The van der Waals surface area contributed by atoms with Crippen LogP contribution in [0.4, 0.5) is 18.9 Å². The number of anilines is 1. The Morgan fingerprint density at radius 1 is 1.11 bits per heavy atom. The van der Waals surface area contributed by atoms with Gasteiger partial charge < -0.3 is 35.0 Å². The summed E-state index contributed by atoms with van der Waals surface area (Å²) in [5.74, 6) is -4.84. The van der Waals surface area contributed by atoms with Crippen molar-refractivity contribution in [3.05, 3.63) is 65.6 Å². The molecule has 0 spiro atoms. The Balaban J connectivity index is 1.31. The summed E-state index contributed by atoms with van der Waals surface area (Å²) < 4.78 is 48.3. The molecule has 0 saturated carbocycles. The number of carbonyl (C=O) groups is 1. The number of para-hydroxylation sites is 1. The monoisotopic (exact) mass is 649 g/mol. The molecule has 3 aliphatic rings. The summed E-state index contributed by atoms with van der Waals surface area (Å²) in [5.41, 5.74) is -1.11. The first kappa shape index (κ1) is 31.9. The van der Waals surface area contributed by atoms with Gasteiger partial charge in [-0.15, -0.1) is 16.9 Å². The SMILES string of the molecule is CN1CCC(O)(C(S[C@@H]2O[C@H](CO)[C@H](O)[C@H](n3cc(-c4cc(F)c(F)c(F)c4)nn3)[C@H]2O)C(=O)N2CCc3ccccc32)CC1. The number of benzene rings is 2. The molecule has 0 aliphatic carbocycles. The van der Waals surface area contributed by atoms with E-state index < -0.39 is 64.7 Å². The lowest BCUT2D eigenvalue weighted by Crippen LogP contribution is -2.59. The Morgan fingerprint density at radius 2 is 1.80 bits per heavy atom. The molecule has 4 heterocycles. The number of rotatable bonds is 7. The minimum atomic E-state index is -1.64. The highest BCUT2D eigenvalue weighted by Gasteiger charge is 2.52. The van der Waals surface area contributed by atoms with Gasteiger partial charge >= 0.3 is 0 Å². The van der Waals surface area contributed by atoms with Crippen LogP contribution >= 0.6 is 11.8 Å². The van der Waals surface area contributed by atoms with Gasteiger partial charge in [-0.1, -0.05) is 23.4 Å². The lowest BCUT2D eigenvalue weighted by Gasteiger charge is -2.46. The number of amides is 1. The summed E-state index contributed by atoms with van der Waals surface area (Å²) in [7, 11) is 1.92. The number of aliphatic hydroxyl groups excluding tert-OH is 3. The van der Waals surface area contributed by atoms with Crippen molar-refractivity contribution in [3.63, 3.8) is 0 Å². The molecule has 2 fully saturated rings. The molecule has 3 aromatic rings. The maximum Gasteiger partial charge on any atom is 0.243 e. The third kappa shape index (κ3) is 5.98. The maximum atomic E-state index is 14.3. The van der Waals surface area contributed by atoms with Crippen LogP contribution in [-0.2, 0) is 16.0 Å². The molecule has 1 unspecified atom stereocenters. The van der Waals surface area contributed by atoms with Crippen LogP contribution in [-0.4, -0.2) is 114 Å². The lowest BCUT2D eigenvalue weighted by molar-refractivity contribution is -0.179. The summed E-state index contributed by atoms with van der Waals surface area (Å²) >= 11 is 0.922. The van der Waals surface area contributed by atoms with Crippen LogP contribution in [0.5, 0.6) is 0 Å². The van der Waals surface area contributed by atoms with Gasteiger partial charge in [0.2, 0.25) is 5.91 Å². The molecule has 0 bridgehead atoms. The van der Waals surface area contributed by atoms with E-state index in [1.165, 1.54) is 6.20 Å². The Bertz CT molecular complexity index is 1530. The first-order valence-corrected chi connectivity index (χ1v) is 15.6. The smallest absolute Gasteiger partial charge is 0.243 e. The van der Waals surface area contributed by atoms with E-state index in [2.05, 4.69) is 10.3 Å². The van der Waals surface area contributed by atoms with E-state index in [1.807, 2.05) is 36.2 Å². The van der Waals surface area contributed by atoms with Gasteiger partial charge in [0.25, 0.3) is 0 Å². The van der Waals surface area contributed by atoms with Crippen molar-refractivity contribution in [1.29, 1.82) is 0 Å². The number of nitrogens with zero attached hydrogens (tertiary/aromatic N) is 5. The second-order valence-electron chi connectivity index (χ2n) is 11.8. The summed E-state index contributed by atoms with van der Waals surface area (Å²) in [5, 5.41) is 51.5. The van der Waals surface area contributed by atoms with Gasteiger partial charge in [-0.05, 0) is 50.1 Å². The van der Waals surface area contributed by atoms with E-state index in [-0.39, 0.29) is 30.0 Å². The highest BCUT2D eigenvalue weighted by molar-refractivity contribution is 8.01. The first-order valence-electron chi connectivity index (χ1n) is 14.7. The van der Waals surface area contributed by atoms with Crippen LogP contribution in [0.15, 0.2) is 42.6 Å². The summed E-state index contributed by atoms with van der Waals surface area (Å²) in [6.45, 7) is 0.855. The zero-order chi connectivity index (χ0) is 32.0. The normalized spacial score (nSPS) is 27.4. The van der Waals surface area contributed by atoms with Crippen LogP contribution in [0.3, 0.4) is 0 Å². The van der Waals surface area contributed by atoms with E-state index >= 15 is 0 Å². The van der Waals surface area contributed by atoms with E-state index in [0.717, 1.165) is 39.8 Å². The summed E-state index contributed by atoms with van der Waals surface area (Å²) in [4.78, 5) is 17.9. The van der Waals surface area contributed by atoms with Crippen molar-refractivity contribution < 1.29 is 43.1 Å². The van der Waals surface area contributed by atoms with E-state index in [0.29, 0.717) is 26.1 Å². The van der Waals surface area contributed by atoms with Gasteiger partial charge in [0, 0.05) is 30.9 Å². The quantitative estimate of drug-likeness (QED) is 0.278. The van der Waals surface area contributed by atoms with Gasteiger partial charge in [-0.2, -0.15) is 0 Å². The van der Waals surface area contributed by atoms with Gasteiger partial charge in [0.1, 0.15) is 40.7 Å². The number of halogens is 3. The minimum Gasteiger partial charge on any atom is -0.394 e. The topological polar surface area (TPSA) is 144 Å². The van der Waals surface area contributed by atoms with Crippen LogP contribution in [0.2, 0.25) is 0 Å². The minimum absolute atomic E-state index is 0.0650. The molecule has 45 heavy (non-hydrogen) atoms. The molecule has 6 atom stereocenters. The van der Waals surface area contributed by atoms with Crippen molar-refractivity contribution in [2.45, 2.75) is 59.9 Å². The fourth-order valence-corrected chi connectivity index (χ4v) is 7.81. The highest BCUT2D eigenvalue weighted by atomic mass is 32.2. The first-order chi connectivity index (χ1) is 21.5. The van der Waals surface area contributed by atoms with Crippen LogP contribution in [0.25, 0.3) is 11.3 Å². The fraction of sp³-hybridized carbons (Fsp3) is 0.500. The van der Waals surface area contributed by atoms with E-state index in [1.54, 1.807) is 4.90 Å². The number of hydrogen-bond acceptors (Lipinski definition) is 10. The molecular formula is C30H34F3N5O6S. The number of hydrogen-bond donors (Lipinski definition) is 4. The predicted molar refractivity (Wildman–Crippen MR) is 158 cm³/mol. The van der Waals surface area contributed by atoms with Crippen molar-refractivity contribution in [3.8, 4) is 11.3 Å². The lowest BCUT2D eigenvalue weighted by atomic mass is 9.87. The molecule has 1 amide bonds. The number of aromatic nitrogens is 3. The standard InChI is InChI=1S/C30H34F3N5O6S/c1-36-10-7-30(43,8-11-36)27(28(42)37-9-6-16-4-2-3-5-21(16)37)45-29-26(41)24(25(40)22(15-39)44-29)38-14-20(34-35-38)17-12-18(31)23(33)19(32)13-17/h2-5,12-14,22,24-27,29,39-41,43H,6-11,15H2,1H3/t22-,24+,25+,26-,27?,29+/m1/s1. The number of thioether (sulfide) groups is 1. The summed E-state index contributed by atoms with van der Waals surface area (Å²) in [6.07, 6.45) is -1.82. The molecule has 3 aliphatic heterocycles. The van der Waals surface area contributed by atoms with E-state index in [9.17, 15) is 38.4 Å². The Hall–Kier alpha value is -3.05. The molecular weight excluding hydrogens is 615 g/mol. The largest absolute Gasteiger partial charge is 0.394 e. The molecule has 242 valence electrons. The summed E-state index contributed by atoms with van der Waals surface area (Å²) in [6, 6.07) is 7.74. The van der Waals surface area contributed by atoms with Gasteiger partial charge in [0.05, 0.1) is 18.4 Å². The van der Waals surface area contributed by atoms with Crippen molar-refractivity contribution in [2.24, 2.45) is 0 Å². The molecule has 2 aromatic carbocycles. The van der Waals surface area contributed by atoms with Crippen molar-refractivity contribution in [2.75, 3.05) is 38.2 Å². The van der Waals surface area contributed by atoms with Crippen LogP contribution < -0.4 is 4.90 Å². The number of piperidine rings is 1. The zero-order valence-corrected chi connectivity index (χ0v) is 25.2. The average Bonchev–Trinajstić information content (AvgIpc) is 3.69. The second-order valence-corrected chi connectivity index (χ2v) is 13.0. The number of fused-ring (bicyclic) bond motifs is 1. The molecule has 11 nitrogen and oxygen atoms in total. The van der Waals surface area contributed by atoms with Gasteiger partial charge in [0.15, 0.2) is 17.5 Å². The van der Waals surface area contributed by atoms with Gasteiger partial charge in [-0.25, -0.2) is 17.9 Å². The average molecular weight is 650 g/mol. The maximum absolute atomic E-state index is 14.3. The predicted octanol–water partition coefficient (Wildman–Crippen LogP) is 1.49. The third-order valence-corrected chi connectivity index (χ3v) is 10.5.